The van der Waals surface area contributed by atoms with Crippen molar-refractivity contribution in [2.24, 2.45) is 5.41 Å². The molecule has 0 saturated carbocycles. The maximum Gasteiger partial charge on any atom is 0.323 e. The van der Waals surface area contributed by atoms with Gasteiger partial charge in [0.25, 0.3) is 0 Å². The van der Waals surface area contributed by atoms with Gasteiger partial charge in [0.1, 0.15) is 11.6 Å². The number of allylic oxidation sites excluding steroid dienone is 5. The number of rotatable bonds is 4. The molecule has 0 aromatic heterocycles. The minimum atomic E-state index is -1.68. The summed E-state index contributed by atoms with van der Waals surface area (Å²) in [5.41, 5.74) is 0.966. The van der Waals surface area contributed by atoms with Crippen molar-refractivity contribution in [1.82, 2.24) is 0 Å². The molecule has 0 aliphatic heterocycles. The predicted octanol–water partition coefficient (Wildman–Crippen LogP) is 5.12. The molecule has 0 amide bonds. The summed E-state index contributed by atoms with van der Waals surface area (Å²) in [4.78, 5) is 25.7. The molecule has 0 heterocycles. The van der Waals surface area contributed by atoms with Crippen LogP contribution in [-0.4, -0.2) is 26.2 Å². The molecule has 2 aromatic carbocycles. The van der Waals surface area contributed by atoms with Crippen LogP contribution in [0.2, 0.25) is 0 Å². The topological polar surface area (TPSA) is 52.6 Å². The predicted molar refractivity (Wildman–Crippen MR) is 121 cm³/mol. The van der Waals surface area contributed by atoms with Gasteiger partial charge in [-0.25, -0.2) is 8.78 Å². The number of carbonyl (C=O) groups excluding carboxylic acids is 2. The normalized spacial score (nSPS) is 18.5. The molecule has 3 rings (SSSR count). The smallest absolute Gasteiger partial charge is 0.323 e. The molecular formula is C27H22F2O4. The molecule has 0 radical (unpaired) electrons. The van der Waals surface area contributed by atoms with E-state index >= 15 is 0 Å². The molecule has 0 spiro atoms. The van der Waals surface area contributed by atoms with Gasteiger partial charge in [-0.2, -0.15) is 0 Å². The third kappa shape index (κ3) is 5.09. The first-order valence-electron chi connectivity index (χ1n) is 10.1. The monoisotopic (exact) mass is 448 g/mol. The second-order valence-electron chi connectivity index (χ2n) is 7.45. The Kier molecular flexibility index (Phi) is 7.24. The lowest BCUT2D eigenvalue weighted by Crippen LogP contribution is -2.40. The fourth-order valence-corrected chi connectivity index (χ4v) is 3.57. The minimum absolute atomic E-state index is 0.0621. The van der Waals surface area contributed by atoms with Gasteiger partial charge >= 0.3 is 11.9 Å². The van der Waals surface area contributed by atoms with Gasteiger partial charge in [-0.15, -0.1) is 0 Å². The van der Waals surface area contributed by atoms with E-state index in [-0.39, 0.29) is 12.8 Å². The molecule has 1 aliphatic rings. The number of methoxy groups -OCH3 is 2. The second kappa shape index (κ2) is 10.1. The Bertz CT molecular complexity index is 1180. The van der Waals surface area contributed by atoms with Gasteiger partial charge in [0, 0.05) is 11.1 Å². The van der Waals surface area contributed by atoms with Gasteiger partial charge < -0.3 is 9.47 Å². The summed E-state index contributed by atoms with van der Waals surface area (Å²) in [6.07, 6.45) is 3.17. The first-order chi connectivity index (χ1) is 15.8. The average Bonchev–Trinajstić information content (AvgIpc) is 2.83. The Balaban J connectivity index is 2.22. The Labute approximate surface area is 191 Å². The molecule has 168 valence electrons. The zero-order valence-electron chi connectivity index (χ0n) is 18.3. The van der Waals surface area contributed by atoms with Crippen molar-refractivity contribution in [2.75, 3.05) is 14.2 Å². The van der Waals surface area contributed by atoms with Crippen molar-refractivity contribution in [3.05, 3.63) is 95.6 Å². The summed E-state index contributed by atoms with van der Waals surface area (Å²) in [5.74, 6) is 3.66. The number of ether oxygens (including phenoxy) is 2. The number of benzene rings is 2. The van der Waals surface area contributed by atoms with E-state index in [2.05, 4.69) is 18.4 Å². The summed E-state index contributed by atoms with van der Waals surface area (Å²) in [6.45, 7) is 4.03. The summed E-state index contributed by atoms with van der Waals surface area (Å²) in [6, 6.07) is 11.4. The van der Waals surface area contributed by atoms with Gasteiger partial charge in [-0.05, 0) is 53.8 Å². The van der Waals surface area contributed by atoms with Crippen molar-refractivity contribution in [3.8, 4) is 11.8 Å². The Morgan fingerprint density at radius 2 is 1.30 bits per heavy atom. The van der Waals surface area contributed by atoms with Crippen LogP contribution in [0.4, 0.5) is 8.78 Å². The Hall–Kier alpha value is -3.98. The van der Waals surface area contributed by atoms with Crippen LogP contribution in [0, 0.1) is 28.9 Å². The van der Waals surface area contributed by atoms with Gasteiger partial charge in [-0.1, -0.05) is 54.8 Å². The number of hydrogen-bond donors (Lipinski definition) is 0. The molecule has 4 nitrogen and oxygen atoms in total. The Morgan fingerprint density at radius 1 is 0.818 bits per heavy atom. The van der Waals surface area contributed by atoms with E-state index in [4.69, 9.17) is 9.47 Å². The molecule has 1 aliphatic carbocycles. The molecule has 0 fully saturated rings. The first-order valence-corrected chi connectivity index (χ1v) is 10.1. The molecule has 0 saturated heterocycles. The molecule has 0 N–H and O–H groups in total. The molecule has 0 bridgehead atoms. The molecular weight excluding hydrogens is 426 g/mol. The van der Waals surface area contributed by atoms with Crippen molar-refractivity contribution in [2.45, 2.75) is 12.8 Å². The molecule has 6 heteroatoms. The van der Waals surface area contributed by atoms with E-state index in [1.165, 1.54) is 38.5 Å². The fraction of sp³-hybridized carbons (Fsp3) is 0.185. The lowest BCUT2D eigenvalue weighted by atomic mass is 9.78. The third-order valence-corrected chi connectivity index (χ3v) is 5.45. The lowest BCUT2D eigenvalue weighted by Gasteiger charge is -2.27. The largest absolute Gasteiger partial charge is 0.468 e. The maximum absolute atomic E-state index is 13.5. The van der Waals surface area contributed by atoms with Crippen LogP contribution in [0.15, 0.2) is 72.8 Å². The number of hydrogen-bond acceptors (Lipinski definition) is 4. The van der Waals surface area contributed by atoms with Crippen LogP contribution in [0.25, 0.3) is 11.1 Å². The lowest BCUT2D eigenvalue weighted by molar-refractivity contribution is -0.168. The van der Waals surface area contributed by atoms with Crippen LogP contribution in [-0.2, 0) is 19.1 Å². The van der Waals surface area contributed by atoms with E-state index in [1.54, 1.807) is 36.4 Å². The molecule has 0 unspecified atom stereocenters. The summed E-state index contributed by atoms with van der Waals surface area (Å²) in [5, 5.41) is 0. The van der Waals surface area contributed by atoms with Crippen molar-refractivity contribution in [1.29, 1.82) is 0 Å². The van der Waals surface area contributed by atoms with Crippen LogP contribution in [0.1, 0.15) is 24.0 Å². The molecule has 33 heavy (non-hydrogen) atoms. The van der Waals surface area contributed by atoms with Gasteiger partial charge in [0.05, 0.1) is 14.2 Å². The number of halogens is 2. The molecule has 2 aromatic rings. The van der Waals surface area contributed by atoms with Crippen LogP contribution in [0.3, 0.4) is 0 Å². The summed E-state index contributed by atoms with van der Waals surface area (Å²) in [7, 11) is 2.39. The van der Waals surface area contributed by atoms with Crippen LogP contribution in [0.5, 0.6) is 0 Å². The number of esters is 2. The SMILES string of the molecule is C=C1C#C/C(c2ccc(F)cc2)=C\CC(C(=O)OC)(C(=O)OC)C/C=C\1c1ccc(F)cc1. The van der Waals surface area contributed by atoms with E-state index < -0.39 is 29.0 Å². The van der Waals surface area contributed by atoms with Gasteiger partial charge in [-0.3, -0.25) is 9.59 Å². The van der Waals surface area contributed by atoms with E-state index in [1.807, 2.05) is 0 Å². The summed E-state index contributed by atoms with van der Waals surface area (Å²) >= 11 is 0. The maximum atomic E-state index is 13.5. The van der Waals surface area contributed by atoms with Crippen molar-refractivity contribution < 1.29 is 27.8 Å². The highest BCUT2D eigenvalue weighted by Crippen LogP contribution is 2.36. The minimum Gasteiger partial charge on any atom is -0.468 e. The second-order valence-corrected chi connectivity index (χ2v) is 7.45. The average molecular weight is 448 g/mol. The molecule has 0 atom stereocenters. The van der Waals surface area contributed by atoms with E-state index in [0.717, 1.165) is 0 Å². The number of carbonyl (C=O) groups is 2. The standard InChI is InChI=1S/C27H22F2O4/c1-18-4-5-20(19-6-10-22(28)11-7-19)14-16-27(25(30)32-2,26(31)33-3)17-15-24(18)21-8-12-23(29)13-9-21/h6-15H,1,16-17H2,2-3H3/b20-14+,24-15+. The van der Waals surface area contributed by atoms with Crippen molar-refractivity contribution >= 4 is 23.1 Å². The fourth-order valence-electron chi connectivity index (χ4n) is 3.57. The van der Waals surface area contributed by atoms with Crippen LogP contribution < -0.4 is 0 Å². The summed E-state index contributed by atoms with van der Waals surface area (Å²) < 4.78 is 36.9. The van der Waals surface area contributed by atoms with Crippen molar-refractivity contribution in [3.63, 3.8) is 0 Å². The zero-order valence-corrected chi connectivity index (χ0v) is 18.3. The Morgan fingerprint density at radius 3 is 1.82 bits per heavy atom. The van der Waals surface area contributed by atoms with Gasteiger partial charge in [0.15, 0.2) is 5.41 Å². The van der Waals surface area contributed by atoms with E-state index in [9.17, 15) is 18.4 Å². The van der Waals surface area contributed by atoms with E-state index in [0.29, 0.717) is 27.8 Å². The highest BCUT2D eigenvalue weighted by molar-refractivity contribution is 6.01. The zero-order chi connectivity index (χ0) is 24.0. The third-order valence-electron chi connectivity index (χ3n) is 5.45. The highest BCUT2D eigenvalue weighted by Gasteiger charge is 2.47. The highest BCUT2D eigenvalue weighted by atomic mass is 19.1. The van der Waals surface area contributed by atoms with Crippen LogP contribution >= 0.6 is 0 Å². The quantitative estimate of drug-likeness (QED) is 0.370. The first kappa shape index (κ1) is 23.7. The van der Waals surface area contributed by atoms with Gasteiger partial charge in [0.2, 0.25) is 0 Å².